The summed E-state index contributed by atoms with van der Waals surface area (Å²) < 4.78 is 6.31. The summed E-state index contributed by atoms with van der Waals surface area (Å²) in [5, 5.41) is 0. The van der Waals surface area contributed by atoms with E-state index in [0.29, 0.717) is 6.10 Å². The van der Waals surface area contributed by atoms with E-state index in [-0.39, 0.29) is 0 Å². The Balaban J connectivity index is 1.22. The summed E-state index contributed by atoms with van der Waals surface area (Å²) in [5.41, 5.74) is 3.04. The normalized spacial score (nSPS) is 26.8. The van der Waals surface area contributed by atoms with Gasteiger partial charge in [-0.05, 0) is 73.8 Å². The zero-order valence-electron chi connectivity index (χ0n) is 20.8. The Morgan fingerprint density at radius 3 is 1.94 bits per heavy atom. The van der Waals surface area contributed by atoms with E-state index in [0.717, 1.165) is 24.4 Å². The summed E-state index contributed by atoms with van der Waals surface area (Å²) in [5.74, 6) is 2.79. The molecular weight excluding hydrogens is 376 g/mol. The standard InChI is InChI=1S/C30H50O/c1-3-5-6-7-10-26-12-14-27(15-13-26)11-8-24-31-30-22-20-29(21-23-30)28-18-16-25(9-4-2)17-19-28/h16-19,26-27,29-30H,3-15,20-24H2,1-2H3. The van der Waals surface area contributed by atoms with Crippen LogP contribution in [0.4, 0.5) is 0 Å². The maximum absolute atomic E-state index is 6.31. The predicted octanol–water partition coefficient (Wildman–Crippen LogP) is 9.24. The van der Waals surface area contributed by atoms with E-state index >= 15 is 0 Å². The highest BCUT2D eigenvalue weighted by Crippen LogP contribution is 2.36. The van der Waals surface area contributed by atoms with Gasteiger partial charge in [0, 0.05) is 6.61 Å². The van der Waals surface area contributed by atoms with Crippen molar-refractivity contribution < 1.29 is 4.74 Å². The quantitative estimate of drug-likeness (QED) is 0.285. The molecule has 1 aromatic rings. The Bertz CT molecular complexity index is 561. The summed E-state index contributed by atoms with van der Waals surface area (Å²) in [7, 11) is 0. The summed E-state index contributed by atoms with van der Waals surface area (Å²) in [6.07, 6.45) is 24.0. The summed E-state index contributed by atoms with van der Waals surface area (Å²) in [6.45, 7) is 5.57. The SMILES string of the molecule is CCCCCCC1CCC(CCCOC2CCC(c3ccc(CCC)cc3)CC2)CC1. The van der Waals surface area contributed by atoms with Gasteiger partial charge in [0.15, 0.2) is 0 Å². The first kappa shape index (κ1) is 24.8. The number of rotatable bonds is 13. The molecule has 1 nitrogen and oxygen atoms in total. The number of ether oxygens (including phenoxy) is 1. The largest absolute Gasteiger partial charge is 0.378 e. The molecule has 0 heterocycles. The van der Waals surface area contributed by atoms with Gasteiger partial charge in [0.1, 0.15) is 0 Å². The first-order valence-corrected chi connectivity index (χ1v) is 14.0. The maximum Gasteiger partial charge on any atom is 0.0575 e. The van der Waals surface area contributed by atoms with Crippen LogP contribution in [0, 0.1) is 11.8 Å². The van der Waals surface area contributed by atoms with Crippen LogP contribution in [0.2, 0.25) is 0 Å². The van der Waals surface area contributed by atoms with Crippen molar-refractivity contribution in [1.82, 2.24) is 0 Å². The molecule has 31 heavy (non-hydrogen) atoms. The Morgan fingerprint density at radius 1 is 0.677 bits per heavy atom. The molecular formula is C30H50O. The lowest BCUT2D eigenvalue weighted by molar-refractivity contribution is 0.0204. The lowest BCUT2D eigenvalue weighted by Gasteiger charge is -2.30. The van der Waals surface area contributed by atoms with Gasteiger partial charge in [0.2, 0.25) is 0 Å². The van der Waals surface area contributed by atoms with E-state index in [9.17, 15) is 0 Å². The van der Waals surface area contributed by atoms with Gasteiger partial charge in [0.25, 0.3) is 0 Å². The van der Waals surface area contributed by atoms with Crippen LogP contribution in [0.15, 0.2) is 24.3 Å². The average molecular weight is 427 g/mol. The van der Waals surface area contributed by atoms with Crippen molar-refractivity contribution in [2.75, 3.05) is 6.61 Å². The van der Waals surface area contributed by atoms with Crippen molar-refractivity contribution in [1.29, 1.82) is 0 Å². The van der Waals surface area contributed by atoms with E-state index in [2.05, 4.69) is 38.1 Å². The Labute approximate surface area is 193 Å². The molecule has 3 rings (SSSR count). The molecule has 0 spiro atoms. The van der Waals surface area contributed by atoms with Crippen LogP contribution in [-0.2, 0) is 11.2 Å². The van der Waals surface area contributed by atoms with Gasteiger partial charge >= 0.3 is 0 Å². The van der Waals surface area contributed by atoms with E-state index < -0.39 is 0 Å². The van der Waals surface area contributed by atoms with Gasteiger partial charge in [-0.2, -0.15) is 0 Å². The molecule has 0 unspecified atom stereocenters. The second-order valence-electron chi connectivity index (χ2n) is 10.7. The number of benzene rings is 1. The molecule has 2 fully saturated rings. The summed E-state index contributed by atoms with van der Waals surface area (Å²) >= 11 is 0. The Morgan fingerprint density at radius 2 is 1.32 bits per heavy atom. The fourth-order valence-corrected chi connectivity index (χ4v) is 6.10. The van der Waals surface area contributed by atoms with Crippen LogP contribution in [-0.4, -0.2) is 12.7 Å². The van der Waals surface area contributed by atoms with Gasteiger partial charge in [-0.15, -0.1) is 0 Å². The lowest BCUT2D eigenvalue weighted by atomic mass is 9.78. The lowest BCUT2D eigenvalue weighted by Crippen LogP contribution is -2.21. The second kappa shape index (κ2) is 14.4. The molecule has 0 aliphatic heterocycles. The minimum Gasteiger partial charge on any atom is -0.378 e. The number of unbranched alkanes of at least 4 members (excludes halogenated alkanes) is 3. The predicted molar refractivity (Wildman–Crippen MR) is 135 cm³/mol. The number of hydrogen-bond acceptors (Lipinski definition) is 1. The molecule has 176 valence electrons. The van der Waals surface area contributed by atoms with Crippen LogP contribution >= 0.6 is 0 Å². The molecule has 1 heteroatoms. The van der Waals surface area contributed by atoms with E-state index in [4.69, 9.17) is 4.74 Å². The Hall–Kier alpha value is -0.820. The van der Waals surface area contributed by atoms with E-state index in [1.807, 2.05) is 0 Å². The van der Waals surface area contributed by atoms with Crippen molar-refractivity contribution >= 4 is 0 Å². The van der Waals surface area contributed by atoms with Crippen LogP contribution < -0.4 is 0 Å². The highest BCUT2D eigenvalue weighted by molar-refractivity contribution is 5.25. The molecule has 0 radical (unpaired) electrons. The summed E-state index contributed by atoms with van der Waals surface area (Å²) in [6, 6.07) is 9.47. The van der Waals surface area contributed by atoms with Crippen molar-refractivity contribution in [2.24, 2.45) is 11.8 Å². The highest BCUT2D eigenvalue weighted by Gasteiger charge is 2.23. The molecule has 2 saturated carbocycles. The third kappa shape index (κ3) is 8.91. The van der Waals surface area contributed by atoms with Crippen LogP contribution in [0.25, 0.3) is 0 Å². The van der Waals surface area contributed by atoms with Gasteiger partial charge in [-0.3, -0.25) is 0 Å². The fraction of sp³-hybridized carbons (Fsp3) is 0.800. The minimum atomic E-state index is 0.523. The molecule has 0 saturated heterocycles. The third-order valence-electron chi connectivity index (χ3n) is 8.21. The zero-order chi connectivity index (χ0) is 21.7. The first-order chi connectivity index (χ1) is 15.3. The average Bonchev–Trinajstić information content (AvgIpc) is 2.82. The zero-order valence-corrected chi connectivity index (χ0v) is 20.8. The van der Waals surface area contributed by atoms with Gasteiger partial charge in [-0.1, -0.05) is 102 Å². The van der Waals surface area contributed by atoms with E-state index in [1.165, 1.54) is 115 Å². The molecule has 1 aromatic carbocycles. The van der Waals surface area contributed by atoms with E-state index in [1.54, 1.807) is 5.56 Å². The molecule has 2 aliphatic rings. The van der Waals surface area contributed by atoms with Gasteiger partial charge < -0.3 is 4.74 Å². The minimum absolute atomic E-state index is 0.523. The van der Waals surface area contributed by atoms with Crippen LogP contribution in [0.5, 0.6) is 0 Å². The van der Waals surface area contributed by atoms with Gasteiger partial charge in [-0.25, -0.2) is 0 Å². The maximum atomic E-state index is 6.31. The molecule has 0 amide bonds. The topological polar surface area (TPSA) is 9.23 Å². The number of hydrogen-bond donors (Lipinski definition) is 0. The molecule has 2 aliphatic carbocycles. The molecule has 0 atom stereocenters. The van der Waals surface area contributed by atoms with Crippen LogP contribution in [0.1, 0.15) is 134 Å². The monoisotopic (exact) mass is 426 g/mol. The van der Waals surface area contributed by atoms with Crippen molar-refractivity contribution in [3.05, 3.63) is 35.4 Å². The highest BCUT2D eigenvalue weighted by atomic mass is 16.5. The van der Waals surface area contributed by atoms with Crippen LogP contribution in [0.3, 0.4) is 0 Å². The molecule has 0 aromatic heterocycles. The smallest absolute Gasteiger partial charge is 0.0575 e. The Kier molecular flexibility index (Phi) is 11.5. The molecule has 0 bridgehead atoms. The van der Waals surface area contributed by atoms with Gasteiger partial charge in [0.05, 0.1) is 6.10 Å². The number of aryl methyl sites for hydroxylation is 1. The molecule has 0 N–H and O–H groups in total. The fourth-order valence-electron chi connectivity index (χ4n) is 6.10. The second-order valence-corrected chi connectivity index (χ2v) is 10.7. The van der Waals surface area contributed by atoms with Crippen molar-refractivity contribution in [2.45, 2.75) is 135 Å². The first-order valence-electron chi connectivity index (χ1n) is 14.0. The van der Waals surface area contributed by atoms with Crippen molar-refractivity contribution in [3.63, 3.8) is 0 Å². The summed E-state index contributed by atoms with van der Waals surface area (Å²) in [4.78, 5) is 0. The van der Waals surface area contributed by atoms with Crippen molar-refractivity contribution in [3.8, 4) is 0 Å². The third-order valence-corrected chi connectivity index (χ3v) is 8.21.